The van der Waals surface area contributed by atoms with Crippen molar-refractivity contribution in [3.63, 3.8) is 0 Å². The summed E-state index contributed by atoms with van der Waals surface area (Å²) in [5.41, 5.74) is 2.64. The van der Waals surface area contributed by atoms with Crippen molar-refractivity contribution in [2.75, 3.05) is 4.90 Å². The zero-order valence-electron chi connectivity index (χ0n) is 22.7. The van der Waals surface area contributed by atoms with Crippen molar-refractivity contribution < 1.29 is 52.2 Å². The van der Waals surface area contributed by atoms with Gasteiger partial charge in [-0.05, 0) is 61.4 Å². The van der Waals surface area contributed by atoms with Crippen molar-refractivity contribution in [1.82, 2.24) is 4.90 Å². The number of benzene rings is 3. The van der Waals surface area contributed by atoms with Gasteiger partial charge in [-0.25, -0.2) is 4.79 Å². The fourth-order valence-electron chi connectivity index (χ4n) is 5.82. The second-order valence-corrected chi connectivity index (χ2v) is 10.6. The van der Waals surface area contributed by atoms with Crippen molar-refractivity contribution in [3.05, 3.63) is 102 Å². The van der Waals surface area contributed by atoms with Gasteiger partial charge in [0.15, 0.2) is 0 Å². The summed E-state index contributed by atoms with van der Waals surface area (Å²) in [6.07, 6.45) is 8.47. The third-order valence-electron chi connectivity index (χ3n) is 8.06. The molecule has 1 saturated carbocycles. The summed E-state index contributed by atoms with van der Waals surface area (Å²) in [4.78, 5) is 42.6. The maximum atomic E-state index is 13.6. The molecule has 1 aliphatic carbocycles. The van der Waals surface area contributed by atoms with Crippen molar-refractivity contribution in [2.45, 2.75) is 69.9 Å². The molecule has 3 aromatic rings. The molecule has 0 aromatic heterocycles. The number of nitrogens with zero attached hydrogens (tertiary/aromatic N) is 2. The number of hydrogen-bond donors (Lipinski definition) is 1. The first-order chi connectivity index (χ1) is 19.0. The van der Waals surface area contributed by atoms with Crippen LogP contribution >= 0.6 is 0 Å². The third kappa shape index (κ3) is 6.96. The van der Waals surface area contributed by atoms with Gasteiger partial charge in [0.2, 0.25) is 0 Å². The summed E-state index contributed by atoms with van der Waals surface area (Å²) in [7, 11) is 0. The minimum Gasteiger partial charge on any atom is -0.388 e. The Balaban J connectivity index is 0.00000370. The molecule has 2 fully saturated rings. The van der Waals surface area contributed by atoms with Gasteiger partial charge in [0.05, 0.1) is 6.10 Å². The minimum absolute atomic E-state index is 0. The molecule has 1 heterocycles. The van der Waals surface area contributed by atoms with E-state index in [1.807, 2.05) is 36.4 Å². The molecule has 3 aromatic carbocycles. The van der Waals surface area contributed by atoms with Crippen LogP contribution in [0.4, 0.5) is 10.5 Å². The van der Waals surface area contributed by atoms with Crippen LogP contribution in [0.1, 0.15) is 79.0 Å². The molecule has 2 unspecified atom stereocenters. The molecule has 0 spiro atoms. The van der Waals surface area contributed by atoms with Crippen LogP contribution < -0.4 is 4.90 Å². The van der Waals surface area contributed by atoms with Gasteiger partial charge in [-0.2, -0.15) is 40.8 Å². The second kappa shape index (κ2) is 14.3. The number of rotatable bonds is 9. The molecule has 4 amide bonds. The molecule has 205 valence electrons. The molecule has 1 saturated heterocycles. The van der Waals surface area contributed by atoms with Gasteiger partial charge in [0.25, 0.3) is 11.8 Å². The Morgan fingerprint density at radius 2 is 1.57 bits per heavy atom. The first-order valence-electron chi connectivity index (χ1n) is 14.0. The minimum atomic E-state index is -0.809. The van der Waals surface area contributed by atoms with E-state index in [4.69, 9.17) is 0 Å². The average Bonchev–Trinajstić information content (AvgIpc) is 3.24. The summed E-state index contributed by atoms with van der Waals surface area (Å²) < 4.78 is 0. The van der Waals surface area contributed by atoms with Crippen LogP contribution in [0, 0.1) is 12.0 Å². The number of hydrogen-bond acceptors (Lipinski definition) is 4. The largest absolute Gasteiger partial charge is 0.388 e. The standard InChI is InChI=1S/C33H35N2O4.Y/c36-30(23-17-25-12-6-2-7-13-25)26-18-20-28(21-19-26)34-29(22-16-24-10-4-1-5-11-24)32(38)35(33(34)39)31(37)27-14-8-3-9-15-27;/h3-5,8-11,14-15,18-21,25,29-30,36H,2,6-7,12-13,16-17,22-23H2;/q-1;. The molecule has 1 N–H and O–H groups in total. The molecule has 2 aliphatic rings. The van der Waals surface area contributed by atoms with Crippen LogP contribution in [0.3, 0.4) is 0 Å². The Labute approximate surface area is 261 Å². The quantitative estimate of drug-likeness (QED) is 0.170. The molecular formula is C33H35N2O4Y-. The number of amides is 4. The fourth-order valence-corrected chi connectivity index (χ4v) is 5.82. The Hall–Kier alpha value is -2.67. The van der Waals surface area contributed by atoms with Gasteiger partial charge in [-0.15, -0.1) is 0 Å². The van der Waals surface area contributed by atoms with Gasteiger partial charge >= 0.3 is 6.03 Å². The number of aliphatic hydroxyl groups is 1. The van der Waals surface area contributed by atoms with E-state index in [-0.39, 0.29) is 38.3 Å². The maximum Gasteiger partial charge on any atom is 0.339 e. The summed E-state index contributed by atoms with van der Waals surface area (Å²) >= 11 is 0. The zero-order valence-corrected chi connectivity index (χ0v) is 25.6. The molecule has 2 atom stereocenters. The number of urea groups is 1. The van der Waals surface area contributed by atoms with Crippen molar-refractivity contribution >= 4 is 23.5 Å². The number of carbonyl (C=O) groups is 3. The molecule has 1 aliphatic heterocycles. The molecule has 0 bridgehead atoms. The zero-order chi connectivity index (χ0) is 27.2. The van der Waals surface area contributed by atoms with Gasteiger partial charge in [-0.3, -0.25) is 14.5 Å². The van der Waals surface area contributed by atoms with Crippen LogP contribution in [-0.2, 0) is 43.9 Å². The number of aryl methyl sites for hydroxylation is 1. The molecular weight excluding hydrogens is 577 g/mol. The van der Waals surface area contributed by atoms with Crippen LogP contribution in [-0.4, -0.2) is 33.9 Å². The summed E-state index contributed by atoms with van der Waals surface area (Å²) in [5, 5.41) is 10.8. The van der Waals surface area contributed by atoms with E-state index in [1.165, 1.54) is 37.0 Å². The van der Waals surface area contributed by atoms with Crippen LogP contribution in [0.5, 0.6) is 0 Å². The predicted octanol–water partition coefficient (Wildman–Crippen LogP) is 6.49. The Morgan fingerprint density at radius 1 is 0.900 bits per heavy atom. The number of aliphatic hydroxyl groups excluding tert-OH is 1. The van der Waals surface area contributed by atoms with E-state index < -0.39 is 30.0 Å². The van der Waals surface area contributed by atoms with E-state index in [9.17, 15) is 19.5 Å². The summed E-state index contributed by atoms with van der Waals surface area (Å²) in [5.74, 6) is -0.451. The Bertz CT molecular complexity index is 1280. The molecule has 5 rings (SSSR count). The summed E-state index contributed by atoms with van der Waals surface area (Å²) in [6, 6.07) is 24.6. The number of anilines is 1. The third-order valence-corrected chi connectivity index (χ3v) is 8.06. The van der Waals surface area contributed by atoms with Crippen LogP contribution in [0.2, 0.25) is 0 Å². The van der Waals surface area contributed by atoms with E-state index >= 15 is 0 Å². The maximum absolute atomic E-state index is 13.6. The van der Waals surface area contributed by atoms with Gasteiger partial charge < -0.3 is 5.11 Å². The van der Waals surface area contributed by atoms with Crippen LogP contribution in [0.15, 0.2) is 78.9 Å². The normalized spacial score (nSPS) is 18.5. The van der Waals surface area contributed by atoms with E-state index in [0.717, 1.165) is 22.4 Å². The van der Waals surface area contributed by atoms with Gasteiger partial charge in [-0.1, -0.05) is 62.4 Å². The van der Waals surface area contributed by atoms with Gasteiger partial charge in [0.1, 0.15) is 6.04 Å². The van der Waals surface area contributed by atoms with Gasteiger partial charge in [0, 0.05) is 44.0 Å². The van der Waals surface area contributed by atoms with Crippen molar-refractivity contribution in [3.8, 4) is 0 Å². The monoisotopic (exact) mass is 612 g/mol. The Kier molecular flexibility index (Phi) is 10.8. The molecule has 40 heavy (non-hydrogen) atoms. The predicted molar refractivity (Wildman–Crippen MR) is 150 cm³/mol. The smallest absolute Gasteiger partial charge is 0.339 e. The van der Waals surface area contributed by atoms with E-state index in [2.05, 4.69) is 6.07 Å². The van der Waals surface area contributed by atoms with Crippen molar-refractivity contribution in [2.24, 2.45) is 5.92 Å². The average molecular weight is 613 g/mol. The van der Waals surface area contributed by atoms with Crippen LogP contribution in [0.25, 0.3) is 0 Å². The van der Waals surface area contributed by atoms with Crippen molar-refractivity contribution in [1.29, 1.82) is 0 Å². The first kappa shape index (κ1) is 30.3. The topological polar surface area (TPSA) is 77.9 Å². The molecule has 7 heteroatoms. The first-order valence-corrected chi connectivity index (χ1v) is 14.0. The SMILES string of the molecule is O=C(c1ccccc1)N1C(=O)C(CCc2cc[c-]cc2)N(c2ccc(C(O)CCC3CCCCC3)cc2)C1=O.[Y]. The summed E-state index contributed by atoms with van der Waals surface area (Å²) in [6.45, 7) is 0. The fraction of sp³-hybridized carbons (Fsp3) is 0.364. The number of imide groups is 3. The Morgan fingerprint density at radius 3 is 2.25 bits per heavy atom. The van der Waals surface area contributed by atoms with E-state index in [0.29, 0.717) is 30.9 Å². The molecule has 1 radical (unpaired) electrons. The van der Waals surface area contributed by atoms with E-state index in [1.54, 1.807) is 42.5 Å². The molecule has 6 nitrogen and oxygen atoms in total. The number of carbonyl (C=O) groups excluding carboxylic acids is 3. The second-order valence-electron chi connectivity index (χ2n) is 10.6.